The lowest BCUT2D eigenvalue weighted by Crippen LogP contribution is -2.29. The van der Waals surface area contributed by atoms with E-state index in [0.29, 0.717) is 18.3 Å². The Morgan fingerprint density at radius 2 is 2.33 bits per heavy atom. The molecule has 98 valence electrons. The summed E-state index contributed by atoms with van der Waals surface area (Å²) in [5.74, 6) is -0.616. The van der Waals surface area contributed by atoms with Gasteiger partial charge in [-0.25, -0.2) is 4.39 Å². The lowest BCUT2D eigenvalue weighted by molar-refractivity contribution is -0.384. The van der Waals surface area contributed by atoms with Crippen molar-refractivity contribution in [2.75, 3.05) is 25.0 Å². The number of anilines is 1. The van der Waals surface area contributed by atoms with Crippen LogP contribution in [0.1, 0.15) is 6.42 Å². The van der Waals surface area contributed by atoms with E-state index in [9.17, 15) is 14.5 Å². The van der Waals surface area contributed by atoms with Gasteiger partial charge in [-0.3, -0.25) is 10.1 Å². The largest absolute Gasteiger partial charge is 0.364 e. The summed E-state index contributed by atoms with van der Waals surface area (Å²) in [7, 11) is 1.86. The molecule has 1 atom stereocenters. The van der Waals surface area contributed by atoms with Crippen LogP contribution in [-0.2, 0) is 0 Å². The van der Waals surface area contributed by atoms with E-state index in [1.54, 1.807) is 0 Å². The van der Waals surface area contributed by atoms with Crippen LogP contribution in [0.15, 0.2) is 16.6 Å². The fourth-order valence-electron chi connectivity index (χ4n) is 2.14. The van der Waals surface area contributed by atoms with Gasteiger partial charge < -0.3 is 10.2 Å². The fourth-order valence-corrected chi connectivity index (χ4v) is 2.47. The average Bonchev–Trinajstić information content (AvgIpc) is 2.80. The number of likely N-dealkylation sites (N-methyl/N-ethyl adjacent to an activating group) is 1. The standard InChI is InChI=1S/C11H13BrFN3O2/c1-14-7-2-3-15(6-7)10-4-8(12)9(13)5-11(10)16(17)18/h4-5,7,14H,2-3,6H2,1H3. The van der Waals surface area contributed by atoms with Crippen molar-refractivity contribution in [3.8, 4) is 0 Å². The molecule has 0 aliphatic carbocycles. The van der Waals surface area contributed by atoms with Gasteiger partial charge in [0.25, 0.3) is 5.69 Å². The Morgan fingerprint density at radius 1 is 1.61 bits per heavy atom. The highest BCUT2D eigenvalue weighted by Crippen LogP contribution is 2.35. The van der Waals surface area contributed by atoms with E-state index in [1.807, 2.05) is 11.9 Å². The van der Waals surface area contributed by atoms with Gasteiger partial charge in [-0.1, -0.05) is 0 Å². The summed E-state index contributed by atoms with van der Waals surface area (Å²) in [5, 5.41) is 14.1. The quantitative estimate of drug-likeness (QED) is 0.686. The molecule has 1 fully saturated rings. The predicted octanol–water partition coefficient (Wildman–Crippen LogP) is 2.29. The van der Waals surface area contributed by atoms with Crippen molar-refractivity contribution in [2.24, 2.45) is 0 Å². The second kappa shape index (κ2) is 5.19. The molecule has 1 heterocycles. The third-order valence-electron chi connectivity index (χ3n) is 3.15. The molecule has 1 aromatic rings. The normalized spacial score (nSPS) is 19.3. The summed E-state index contributed by atoms with van der Waals surface area (Å²) in [4.78, 5) is 12.3. The maximum Gasteiger partial charge on any atom is 0.295 e. The topological polar surface area (TPSA) is 58.4 Å². The van der Waals surface area contributed by atoms with Crippen LogP contribution in [0.25, 0.3) is 0 Å². The van der Waals surface area contributed by atoms with Crippen molar-refractivity contribution in [1.29, 1.82) is 0 Å². The first kappa shape index (κ1) is 13.2. The van der Waals surface area contributed by atoms with Crippen LogP contribution in [-0.4, -0.2) is 31.1 Å². The first-order chi connectivity index (χ1) is 8.52. The van der Waals surface area contributed by atoms with Gasteiger partial charge in [-0.15, -0.1) is 0 Å². The average molecular weight is 318 g/mol. The van der Waals surface area contributed by atoms with Crippen molar-refractivity contribution in [3.63, 3.8) is 0 Å². The van der Waals surface area contributed by atoms with Crippen molar-refractivity contribution >= 4 is 27.3 Å². The van der Waals surface area contributed by atoms with Gasteiger partial charge in [0.15, 0.2) is 0 Å². The lowest BCUT2D eigenvalue weighted by Gasteiger charge is -2.19. The van der Waals surface area contributed by atoms with Gasteiger partial charge >= 0.3 is 0 Å². The minimum atomic E-state index is -0.616. The summed E-state index contributed by atoms with van der Waals surface area (Å²) in [6.45, 7) is 1.42. The molecule has 2 rings (SSSR count). The number of nitro groups is 1. The SMILES string of the molecule is CNC1CCN(c2cc(Br)c(F)cc2[N+](=O)[O-])C1. The molecule has 0 bridgehead atoms. The van der Waals surface area contributed by atoms with E-state index >= 15 is 0 Å². The van der Waals surface area contributed by atoms with Crippen LogP contribution in [0, 0.1) is 15.9 Å². The fraction of sp³-hybridized carbons (Fsp3) is 0.455. The van der Waals surface area contributed by atoms with E-state index < -0.39 is 10.7 Å². The molecule has 5 nitrogen and oxygen atoms in total. The van der Waals surface area contributed by atoms with Crippen LogP contribution in [0.2, 0.25) is 0 Å². The molecule has 1 N–H and O–H groups in total. The summed E-state index contributed by atoms with van der Waals surface area (Å²) in [6.07, 6.45) is 0.919. The number of nitrogens with one attached hydrogen (secondary N) is 1. The monoisotopic (exact) mass is 317 g/mol. The smallest absolute Gasteiger partial charge is 0.295 e. The van der Waals surface area contributed by atoms with Gasteiger partial charge in [-0.05, 0) is 35.5 Å². The third-order valence-corrected chi connectivity index (χ3v) is 3.76. The molecule has 0 saturated carbocycles. The van der Waals surface area contributed by atoms with E-state index in [4.69, 9.17) is 0 Å². The van der Waals surface area contributed by atoms with Crippen molar-refractivity contribution in [3.05, 3.63) is 32.5 Å². The third kappa shape index (κ3) is 2.46. The summed E-state index contributed by atoms with van der Waals surface area (Å²) >= 11 is 3.07. The molecule has 0 amide bonds. The minimum Gasteiger partial charge on any atom is -0.364 e. The number of halogens is 2. The number of rotatable bonds is 3. The number of benzene rings is 1. The van der Waals surface area contributed by atoms with Gasteiger partial charge in [0, 0.05) is 19.1 Å². The first-order valence-electron chi connectivity index (χ1n) is 5.58. The van der Waals surface area contributed by atoms with Crippen LogP contribution >= 0.6 is 15.9 Å². The van der Waals surface area contributed by atoms with E-state index in [2.05, 4.69) is 21.2 Å². The Morgan fingerprint density at radius 3 is 2.89 bits per heavy atom. The Balaban J connectivity index is 2.37. The van der Waals surface area contributed by atoms with Crippen LogP contribution < -0.4 is 10.2 Å². The Kier molecular flexibility index (Phi) is 3.82. The molecule has 18 heavy (non-hydrogen) atoms. The van der Waals surface area contributed by atoms with Crippen molar-refractivity contribution in [1.82, 2.24) is 5.32 Å². The second-order valence-electron chi connectivity index (χ2n) is 4.23. The van der Waals surface area contributed by atoms with Crippen molar-refractivity contribution in [2.45, 2.75) is 12.5 Å². The Labute approximate surface area is 112 Å². The highest BCUT2D eigenvalue weighted by Gasteiger charge is 2.28. The molecule has 0 radical (unpaired) electrons. The highest BCUT2D eigenvalue weighted by atomic mass is 79.9. The minimum absolute atomic E-state index is 0.188. The molecule has 1 aromatic carbocycles. The predicted molar refractivity (Wildman–Crippen MR) is 70.4 cm³/mol. The van der Waals surface area contributed by atoms with Gasteiger partial charge in [-0.2, -0.15) is 0 Å². The summed E-state index contributed by atoms with van der Waals surface area (Å²) in [6, 6.07) is 2.76. The zero-order valence-electron chi connectivity index (χ0n) is 9.82. The van der Waals surface area contributed by atoms with Crippen LogP contribution in [0.4, 0.5) is 15.8 Å². The number of hydrogen-bond acceptors (Lipinski definition) is 4. The van der Waals surface area contributed by atoms with E-state index in [1.165, 1.54) is 6.07 Å². The molecule has 0 aromatic heterocycles. The molecular weight excluding hydrogens is 305 g/mol. The summed E-state index contributed by atoms with van der Waals surface area (Å²) in [5.41, 5.74) is 0.276. The number of nitro benzene ring substituents is 1. The second-order valence-corrected chi connectivity index (χ2v) is 5.09. The van der Waals surface area contributed by atoms with Gasteiger partial charge in [0.2, 0.25) is 0 Å². The molecule has 1 aliphatic heterocycles. The zero-order chi connectivity index (χ0) is 13.3. The molecule has 1 unspecified atom stereocenters. The number of nitrogens with zero attached hydrogens (tertiary/aromatic N) is 2. The maximum absolute atomic E-state index is 13.4. The van der Waals surface area contributed by atoms with Crippen molar-refractivity contribution < 1.29 is 9.31 Å². The van der Waals surface area contributed by atoms with E-state index in [0.717, 1.165) is 19.0 Å². The van der Waals surface area contributed by atoms with Gasteiger partial charge in [0.05, 0.1) is 15.5 Å². The highest BCUT2D eigenvalue weighted by molar-refractivity contribution is 9.10. The molecule has 0 spiro atoms. The maximum atomic E-state index is 13.4. The molecule has 1 aliphatic rings. The van der Waals surface area contributed by atoms with Gasteiger partial charge in [0.1, 0.15) is 11.5 Å². The first-order valence-corrected chi connectivity index (χ1v) is 6.38. The molecule has 1 saturated heterocycles. The van der Waals surface area contributed by atoms with E-state index in [-0.39, 0.29) is 10.2 Å². The Hall–Kier alpha value is -1.21. The molecule has 7 heteroatoms. The van der Waals surface area contributed by atoms with Crippen LogP contribution in [0.3, 0.4) is 0 Å². The lowest BCUT2D eigenvalue weighted by atomic mass is 10.2. The number of hydrogen-bond donors (Lipinski definition) is 1. The van der Waals surface area contributed by atoms with Crippen LogP contribution in [0.5, 0.6) is 0 Å². The molecular formula is C11H13BrFN3O2. The zero-order valence-corrected chi connectivity index (χ0v) is 11.4. The summed E-state index contributed by atoms with van der Waals surface area (Å²) < 4.78 is 13.6. The Bertz CT molecular complexity index is 484.